The number of hydrogen-bond acceptors (Lipinski definition) is 4. The third-order valence-corrected chi connectivity index (χ3v) is 6.67. The Labute approximate surface area is 160 Å². The van der Waals surface area contributed by atoms with Crippen LogP contribution >= 0.6 is 0 Å². The number of piperidine rings is 1. The Morgan fingerprint density at radius 2 is 1.63 bits per heavy atom. The SMILES string of the molecule is CN(C)C(=O)C1(Nc2ccccc2)CCCN(S(=O)(=O)c2ccccc2)C1. The summed E-state index contributed by atoms with van der Waals surface area (Å²) in [5.74, 6) is -0.126. The molecule has 0 aromatic heterocycles. The molecular formula is C20H25N3O3S. The maximum atomic E-state index is 13.1. The highest BCUT2D eigenvalue weighted by atomic mass is 32.2. The molecule has 27 heavy (non-hydrogen) atoms. The van der Waals surface area contributed by atoms with Gasteiger partial charge in [0.1, 0.15) is 5.54 Å². The van der Waals surface area contributed by atoms with E-state index in [0.29, 0.717) is 19.4 Å². The van der Waals surface area contributed by atoms with Crippen LogP contribution in [0.1, 0.15) is 12.8 Å². The predicted octanol–water partition coefficient (Wildman–Crippen LogP) is 2.41. The smallest absolute Gasteiger partial charge is 0.249 e. The van der Waals surface area contributed by atoms with E-state index >= 15 is 0 Å². The van der Waals surface area contributed by atoms with Crippen LogP contribution in [0.4, 0.5) is 5.69 Å². The minimum absolute atomic E-state index is 0.0934. The highest BCUT2D eigenvalue weighted by molar-refractivity contribution is 7.89. The molecule has 7 heteroatoms. The van der Waals surface area contributed by atoms with Crippen LogP contribution in [0.15, 0.2) is 65.6 Å². The third kappa shape index (κ3) is 3.99. The molecule has 0 aliphatic carbocycles. The third-order valence-electron chi connectivity index (χ3n) is 4.81. The second-order valence-corrected chi connectivity index (χ2v) is 8.97. The minimum atomic E-state index is -3.66. The standard InChI is InChI=1S/C20H25N3O3S/c1-22(2)19(24)20(21-17-10-5-3-6-11-17)14-9-15-23(16-20)27(25,26)18-12-7-4-8-13-18/h3-8,10-13,21H,9,14-16H2,1-2H3. The van der Waals surface area contributed by atoms with Crippen molar-refractivity contribution in [2.75, 3.05) is 32.5 Å². The number of para-hydroxylation sites is 1. The number of nitrogens with zero attached hydrogens (tertiary/aromatic N) is 2. The number of carbonyl (C=O) groups is 1. The number of amides is 1. The Morgan fingerprint density at radius 1 is 1.04 bits per heavy atom. The van der Waals surface area contributed by atoms with Crippen molar-refractivity contribution in [3.8, 4) is 0 Å². The van der Waals surface area contributed by atoms with Crippen LogP contribution in [0.5, 0.6) is 0 Å². The van der Waals surface area contributed by atoms with Crippen molar-refractivity contribution >= 4 is 21.6 Å². The van der Waals surface area contributed by atoms with Crippen molar-refractivity contribution in [2.24, 2.45) is 0 Å². The van der Waals surface area contributed by atoms with E-state index in [1.165, 1.54) is 9.21 Å². The van der Waals surface area contributed by atoms with Crippen LogP contribution in [-0.4, -0.2) is 56.3 Å². The monoisotopic (exact) mass is 387 g/mol. The van der Waals surface area contributed by atoms with Gasteiger partial charge < -0.3 is 10.2 Å². The first-order valence-electron chi connectivity index (χ1n) is 8.95. The molecule has 1 N–H and O–H groups in total. The zero-order valence-corrected chi connectivity index (χ0v) is 16.4. The summed E-state index contributed by atoms with van der Waals surface area (Å²) in [6.07, 6.45) is 1.17. The van der Waals surface area contributed by atoms with Gasteiger partial charge in [0.05, 0.1) is 4.90 Å². The Balaban J connectivity index is 1.96. The van der Waals surface area contributed by atoms with E-state index in [1.807, 2.05) is 30.3 Å². The molecule has 6 nitrogen and oxygen atoms in total. The molecule has 2 aromatic rings. The molecule has 0 saturated carbocycles. The van der Waals surface area contributed by atoms with Crippen molar-refractivity contribution in [3.05, 3.63) is 60.7 Å². The fraction of sp³-hybridized carbons (Fsp3) is 0.350. The van der Waals surface area contributed by atoms with Crippen LogP contribution in [0.3, 0.4) is 0 Å². The lowest BCUT2D eigenvalue weighted by molar-refractivity contribution is -0.134. The molecule has 1 unspecified atom stereocenters. The normalized spacial score (nSPS) is 20.8. The molecule has 144 valence electrons. The average Bonchev–Trinajstić information content (AvgIpc) is 2.69. The summed E-state index contributed by atoms with van der Waals surface area (Å²) in [5, 5.41) is 3.33. The van der Waals surface area contributed by atoms with Gasteiger partial charge in [-0.3, -0.25) is 4.79 Å². The van der Waals surface area contributed by atoms with Gasteiger partial charge >= 0.3 is 0 Å². The summed E-state index contributed by atoms with van der Waals surface area (Å²) in [5.41, 5.74) is -0.197. The summed E-state index contributed by atoms with van der Waals surface area (Å²) in [6, 6.07) is 17.8. The molecule has 0 bridgehead atoms. The molecule has 0 radical (unpaired) electrons. The van der Waals surface area contributed by atoms with Crippen molar-refractivity contribution in [1.82, 2.24) is 9.21 Å². The molecule has 1 aliphatic rings. The van der Waals surface area contributed by atoms with Crippen molar-refractivity contribution < 1.29 is 13.2 Å². The molecule has 0 spiro atoms. The van der Waals surface area contributed by atoms with Crippen molar-refractivity contribution in [3.63, 3.8) is 0 Å². The number of hydrogen-bond donors (Lipinski definition) is 1. The minimum Gasteiger partial charge on any atom is -0.370 e. The highest BCUT2D eigenvalue weighted by Gasteiger charge is 2.46. The van der Waals surface area contributed by atoms with Crippen LogP contribution in [-0.2, 0) is 14.8 Å². The maximum Gasteiger partial charge on any atom is 0.249 e. The van der Waals surface area contributed by atoms with Gasteiger partial charge in [-0.2, -0.15) is 4.31 Å². The van der Waals surface area contributed by atoms with Crippen molar-refractivity contribution in [1.29, 1.82) is 0 Å². The van der Waals surface area contributed by atoms with Gasteiger partial charge in [0.2, 0.25) is 15.9 Å². The number of rotatable bonds is 5. The van der Waals surface area contributed by atoms with Crippen LogP contribution in [0.25, 0.3) is 0 Å². The maximum absolute atomic E-state index is 13.1. The molecule has 1 aliphatic heterocycles. The van der Waals surface area contributed by atoms with E-state index in [-0.39, 0.29) is 17.3 Å². The summed E-state index contributed by atoms with van der Waals surface area (Å²) < 4.78 is 27.6. The Bertz CT molecular complexity index is 885. The molecule has 2 aromatic carbocycles. The van der Waals surface area contributed by atoms with Crippen LogP contribution in [0.2, 0.25) is 0 Å². The number of benzene rings is 2. The van der Waals surface area contributed by atoms with Gasteiger partial charge in [-0.15, -0.1) is 0 Å². The van der Waals surface area contributed by atoms with Gasteiger partial charge in [0.25, 0.3) is 0 Å². The fourth-order valence-electron chi connectivity index (χ4n) is 3.52. The second kappa shape index (κ2) is 7.70. The lowest BCUT2D eigenvalue weighted by Crippen LogP contribution is -2.62. The van der Waals surface area contributed by atoms with Gasteiger partial charge in [-0.25, -0.2) is 8.42 Å². The summed E-state index contributed by atoms with van der Waals surface area (Å²) in [6.45, 7) is 0.492. The Kier molecular flexibility index (Phi) is 5.53. The summed E-state index contributed by atoms with van der Waals surface area (Å²) in [4.78, 5) is 14.8. The second-order valence-electron chi connectivity index (χ2n) is 7.03. The molecule has 1 fully saturated rings. The zero-order valence-electron chi connectivity index (χ0n) is 15.6. The first-order chi connectivity index (χ1) is 12.8. The Morgan fingerprint density at radius 3 is 2.22 bits per heavy atom. The van der Waals surface area contributed by atoms with Crippen LogP contribution in [0, 0.1) is 0 Å². The molecular weight excluding hydrogens is 362 g/mol. The molecule has 3 rings (SSSR count). The van der Waals surface area contributed by atoms with E-state index in [4.69, 9.17) is 0 Å². The van der Waals surface area contributed by atoms with E-state index in [9.17, 15) is 13.2 Å². The topological polar surface area (TPSA) is 69.7 Å². The van der Waals surface area contributed by atoms with Crippen molar-refractivity contribution in [2.45, 2.75) is 23.3 Å². The van der Waals surface area contributed by atoms with Gasteiger partial charge in [0.15, 0.2) is 0 Å². The van der Waals surface area contributed by atoms with Gasteiger partial charge in [0, 0.05) is 32.9 Å². The highest BCUT2D eigenvalue weighted by Crippen LogP contribution is 2.31. The number of likely N-dealkylation sites (N-methyl/N-ethyl adjacent to an activating group) is 1. The fourth-order valence-corrected chi connectivity index (χ4v) is 5.08. The largest absolute Gasteiger partial charge is 0.370 e. The number of nitrogens with one attached hydrogen (secondary N) is 1. The molecule has 1 amide bonds. The first kappa shape index (κ1) is 19.4. The van der Waals surface area contributed by atoms with E-state index < -0.39 is 15.6 Å². The van der Waals surface area contributed by atoms with Gasteiger partial charge in [-0.05, 0) is 37.1 Å². The first-order valence-corrected chi connectivity index (χ1v) is 10.4. The average molecular weight is 388 g/mol. The number of anilines is 1. The van der Waals surface area contributed by atoms with Crippen LogP contribution < -0.4 is 5.32 Å². The van der Waals surface area contributed by atoms with E-state index in [0.717, 1.165) is 5.69 Å². The molecule has 1 atom stereocenters. The van der Waals surface area contributed by atoms with E-state index in [1.54, 1.807) is 44.4 Å². The summed E-state index contributed by atoms with van der Waals surface area (Å²) in [7, 11) is -0.270. The molecule has 1 heterocycles. The lowest BCUT2D eigenvalue weighted by atomic mass is 9.88. The predicted molar refractivity (Wildman–Crippen MR) is 106 cm³/mol. The quantitative estimate of drug-likeness (QED) is 0.855. The van der Waals surface area contributed by atoms with Gasteiger partial charge in [-0.1, -0.05) is 36.4 Å². The number of carbonyl (C=O) groups excluding carboxylic acids is 1. The number of sulfonamides is 1. The van der Waals surface area contributed by atoms with E-state index in [2.05, 4.69) is 5.32 Å². The lowest BCUT2D eigenvalue weighted by Gasteiger charge is -2.43. The zero-order chi connectivity index (χ0) is 19.5. The Hall–Kier alpha value is -2.38. The molecule has 1 saturated heterocycles. The summed E-state index contributed by atoms with van der Waals surface area (Å²) >= 11 is 0.